The first-order chi connectivity index (χ1) is 8.83. The molecule has 0 aliphatic rings. The summed E-state index contributed by atoms with van der Waals surface area (Å²) in [5.74, 6) is 0.656. The summed E-state index contributed by atoms with van der Waals surface area (Å²) in [6, 6.07) is 5.93. The zero-order valence-electron chi connectivity index (χ0n) is 10.1. The van der Waals surface area contributed by atoms with Crippen LogP contribution in [0.15, 0.2) is 30.7 Å². The fraction of sp³-hybridized carbons (Fsp3) is 0.250. The van der Waals surface area contributed by atoms with Gasteiger partial charge < -0.3 is 10.3 Å². The number of nitrogens with one attached hydrogen (secondary N) is 2. The van der Waals surface area contributed by atoms with Crippen molar-refractivity contribution < 1.29 is 0 Å². The molecule has 0 amide bonds. The van der Waals surface area contributed by atoms with Crippen LogP contribution >= 0.6 is 0 Å². The molecule has 0 saturated heterocycles. The number of hydrogen-bond donors (Lipinski definition) is 2. The van der Waals surface area contributed by atoms with E-state index in [1.807, 2.05) is 35.8 Å². The van der Waals surface area contributed by atoms with Crippen LogP contribution in [0.2, 0.25) is 0 Å². The van der Waals surface area contributed by atoms with Crippen LogP contribution in [0.5, 0.6) is 0 Å². The van der Waals surface area contributed by atoms with E-state index in [4.69, 9.17) is 0 Å². The molecular weight excluding hydrogens is 228 g/mol. The van der Waals surface area contributed by atoms with E-state index in [1.165, 1.54) is 0 Å². The summed E-state index contributed by atoms with van der Waals surface area (Å²) in [6.45, 7) is 2.79. The number of rotatable bonds is 4. The van der Waals surface area contributed by atoms with Crippen molar-refractivity contribution in [2.45, 2.75) is 13.3 Å². The molecule has 6 heteroatoms. The predicted molar refractivity (Wildman–Crippen MR) is 68.5 cm³/mol. The zero-order chi connectivity index (χ0) is 12.4. The number of H-pyrrole nitrogens is 1. The number of fused-ring (bicyclic) bond motifs is 1. The van der Waals surface area contributed by atoms with Crippen molar-refractivity contribution in [2.24, 2.45) is 0 Å². The first-order valence-electron chi connectivity index (χ1n) is 5.86. The highest BCUT2D eigenvalue weighted by atomic mass is 15.3. The smallest absolute Gasteiger partial charge is 0.243 e. The van der Waals surface area contributed by atoms with Gasteiger partial charge in [0.2, 0.25) is 5.95 Å². The largest absolute Gasteiger partial charge is 0.353 e. The van der Waals surface area contributed by atoms with Gasteiger partial charge in [-0.15, -0.1) is 5.10 Å². The molecule has 0 fully saturated rings. The van der Waals surface area contributed by atoms with Gasteiger partial charge in [0.05, 0.1) is 6.33 Å². The maximum atomic E-state index is 4.41. The van der Waals surface area contributed by atoms with Crippen molar-refractivity contribution in [1.29, 1.82) is 0 Å². The second-order valence-electron chi connectivity index (χ2n) is 4.13. The number of imidazole rings is 1. The lowest BCUT2D eigenvalue weighted by atomic mass is 10.3. The van der Waals surface area contributed by atoms with Crippen molar-refractivity contribution in [1.82, 2.24) is 24.6 Å². The number of anilines is 1. The topological polar surface area (TPSA) is 70.9 Å². The first kappa shape index (κ1) is 10.8. The molecule has 3 heterocycles. The Morgan fingerprint density at radius 3 is 3.11 bits per heavy atom. The molecule has 18 heavy (non-hydrogen) atoms. The molecule has 3 aromatic rings. The normalized spacial score (nSPS) is 10.9. The summed E-state index contributed by atoms with van der Waals surface area (Å²) >= 11 is 0. The first-order valence-corrected chi connectivity index (χ1v) is 5.86. The molecule has 2 N–H and O–H groups in total. The van der Waals surface area contributed by atoms with Crippen LogP contribution in [0.3, 0.4) is 0 Å². The summed E-state index contributed by atoms with van der Waals surface area (Å²) in [7, 11) is 0. The number of aryl methyl sites for hydroxylation is 1. The standard InChI is InChI=1S/C12H14N6/c1-9-3-2-4-11-16-12(17-18(9)11)14-6-5-10-7-13-8-15-10/h2-4,7-8H,5-6H2,1H3,(H,13,15)(H,14,17). The van der Waals surface area contributed by atoms with Gasteiger partial charge in [0, 0.05) is 30.6 Å². The lowest BCUT2D eigenvalue weighted by Crippen LogP contribution is -2.06. The van der Waals surface area contributed by atoms with Crippen LogP contribution in [0.25, 0.3) is 5.65 Å². The van der Waals surface area contributed by atoms with E-state index in [1.54, 1.807) is 6.33 Å². The van der Waals surface area contributed by atoms with Crippen molar-refractivity contribution in [3.05, 3.63) is 42.1 Å². The molecule has 3 rings (SSSR count). The van der Waals surface area contributed by atoms with Gasteiger partial charge in [0.15, 0.2) is 5.65 Å². The highest BCUT2D eigenvalue weighted by molar-refractivity contribution is 5.44. The monoisotopic (exact) mass is 242 g/mol. The third-order valence-electron chi connectivity index (χ3n) is 2.78. The highest BCUT2D eigenvalue weighted by Gasteiger charge is 2.04. The van der Waals surface area contributed by atoms with Gasteiger partial charge in [-0.25, -0.2) is 9.50 Å². The van der Waals surface area contributed by atoms with E-state index >= 15 is 0 Å². The summed E-state index contributed by atoms with van der Waals surface area (Å²) < 4.78 is 1.83. The number of nitrogens with zero attached hydrogens (tertiary/aromatic N) is 4. The van der Waals surface area contributed by atoms with Gasteiger partial charge in [0.25, 0.3) is 0 Å². The summed E-state index contributed by atoms with van der Waals surface area (Å²) in [6.07, 6.45) is 4.37. The van der Waals surface area contributed by atoms with Crippen LogP contribution in [0.4, 0.5) is 5.95 Å². The fourth-order valence-corrected chi connectivity index (χ4v) is 1.84. The molecule has 92 valence electrons. The van der Waals surface area contributed by atoms with Gasteiger partial charge in [-0.1, -0.05) is 6.07 Å². The second-order valence-corrected chi connectivity index (χ2v) is 4.13. The minimum atomic E-state index is 0.656. The Hall–Kier alpha value is -2.37. The van der Waals surface area contributed by atoms with Gasteiger partial charge in [-0.05, 0) is 19.1 Å². The quantitative estimate of drug-likeness (QED) is 0.725. The number of aromatic nitrogens is 5. The SMILES string of the molecule is Cc1cccc2nc(NCCc3cnc[nH]3)nn12. The molecule has 0 unspecified atom stereocenters. The minimum absolute atomic E-state index is 0.656. The maximum absolute atomic E-state index is 4.41. The molecular formula is C12H14N6. The van der Waals surface area contributed by atoms with Gasteiger partial charge in [-0.3, -0.25) is 0 Å². The number of pyridine rings is 1. The van der Waals surface area contributed by atoms with Crippen LogP contribution in [-0.2, 0) is 6.42 Å². The van der Waals surface area contributed by atoms with Crippen LogP contribution in [0.1, 0.15) is 11.4 Å². The molecule has 0 spiro atoms. The highest BCUT2D eigenvalue weighted by Crippen LogP contribution is 2.07. The Labute approximate surface area is 104 Å². The zero-order valence-corrected chi connectivity index (χ0v) is 10.1. The van der Waals surface area contributed by atoms with Crippen molar-refractivity contribution in [2.75, 3.05) is 11.9 Å². The number of hydrogen-bond acceptors (Lipinski definition) is 4. The molecule has 0 aliphatic carbocycles. The van der Waals surface area contributed by atoms with E-state index in [0.29, 0.717) is 5.95 Å². The third-order valence-corrected chi connectivity index (χ3v) is 2.78. The van der Waals surface area contributed by atoms with Gasteiger partial charge >= 0.3 is 0 Å². The van der Waals surface area contributed by atoms with E-state index < -0.39 is 0 Å². The third kappa shape index (κ3) is 2.04. The Morgan fingerprint density at radius 2 is 2.33 bits per heavy atom. The summed E-state index contributed by atoms with van der Waals surface area (Å²) in [5, 5.41) is 7.61. The van der Waals surface area contributed by atoms with E-state index in [2.05, 4.69) is 25.4 Å². The van der Waals surface area contributed by atoms with Crippen LogP contribution < -0.4 is 5.32 Å². The van der Waals surface area contributed by atoms with Crippen LogP contribution in [-0.4, -0.2) is 31.1 Å². The average molecular weight is 242 g/mol. The van der Waals surface area contributed by atoms with Crippen molar-refractivity contribution in [3.8, 4) is 0 Å². The summed E-state index contributed by atoms with van der Waals surface area (Å²) in [5.41, 5.74) is 3.03. The minimum Gasteiger partial charge on any atom is -0.353 e. The second kappa shape index (κ2) is 4.48. The molecule has 0 aromatic carbocycles. The maximum Gasteiger partial charge on any atom is 0.243 e. The van der Waals surface area contributed by atoms with Gasteiger partial charge in [0.1, 0.15) is 0 Å². The average Bonchev–Trinajstić information content (AvgIpc) is 2.98. The fourth-order valence-electron chi connectivity index (χ4n) is 1.84. The van der Waals surface area contributed by atoms with E-state index in [0.717, 1.165) is 30.0 Å². The molecule has 0 bridgehead atoms. The Bertz CT molecular complexity index is 640. The van der Waals surface area contributed by atoms with Crippen LogP contribution in [0, 0.1) is 6.92 Å². The Balaban J connectivity index is 1.69. The van der Waals surface area contributed by atoms with Crippen molar-refractivity contribution in [3.63, 3.8) is 0 Å². The molecule has 0 aliphatic heterocycles. The molecule has 6 nitrogen and oxygen atoms in total. The Kier molecular flexibility index (Phi) is 2.68. The summed E-state index contributed by atoms with van der Waals surface area (Å²) in [4.78, 5) is 11.4. The lowest BCUT2D eigenvalue weighted by molar-refractivity contribution is 0.899. The van der Waals surface area contributed by atoms with Crippen molar-refractivity contribution >= 4 is 11.6 Å². The van der Waals surface area contributed by atoms with E-state index in [-0.39, 0.29) is 0 Å². The van der Waals surface area contributed by atoms with E-state index in [9.17, 15) is 0 Å². The molecule has 0 atom stereocenters. The Morgan fingerprint density at radius 1 is 1.39 bits per heavy atom. The predicted octanol–water partition coefficient (Wildman–Crippen LogP) is 1.42. The molecule has 0 saturated carbocycles. The molecule has 3 aromatic heterocycles. The molecule has 0 radical (unpaired) electrons. The number of aromatic amines is 1. The lowest BCUT2D eigenvalue weighted by Gasteiger charge is -1.98. The van der Waals surface area contributed by atoms with Gasteiger partial charge in [-0.2, -0.15) is 4.98 Å².